The summed E-state index contributed by atoms with van der Waals surface area (Å²) in [5, 5.41) is 3.95. The average molecular weight is 164 g/mol. The van der Waals surface area contributed by atoms with Crippen LogP contribution in [0.5, 0.6) is 0 Å². The maximum absolute atomic E-state index is 11.4. The normalized spacial score (nSPS) is 10.8. The molecule has 0 aliphatic heterocycles. The molecule has 0 radical (unpaired) electrons. The van der Waals surface area contributed by atoms with E-state index in [1.807, 2.05) is 0 Å². The third-order valence-electron chi connectivity index (χ3n) is 1.67. The minimum absolute atomic E-state index is 0.173. The summed E-state index contributed by atoms with van der Waals surface area (Å²) in [5.74, 6) is 0.610. The number of hydrogen-bond acceptors (Lipinski definition) is 3. The highest BCUT2D eigenvalue weighted by molar-refractivity contribution is 5.34. The first-order chi connectivity index (χ1) is 5.68. The zero-order chi connectivity index (χ0) is 8.72. The maximum atomic E-state index is 11.4. The van der Waals surface area contributed by atoms with E-state index >= 15 is 0 Å². The van der Waals surface area contributed by atoms with Crippen LogP contribution in [0.2, 0.25) is 0 Å². The molecule has 2 rings (SSSR count). The lowest BCUT2D eigenvalue weighted by atomic mass is 10.6. The summed E-state index contributed by atoms with van der Waals surface area (Å²) >= 11 is 0. The van der Waals surface area contributed by atoms with Crippen LogP contribution in [0.4, 0.5) is 0 Å². The van der Waals surface area contributed by atoms with Crippen LogP contribution in [-0.2, 0) is 7.05 Å². The van der Waals surface area contributed by atoms with Crippen LogP contribution in [0, 0.1) is 6.92 Å². The van der Waals surface area contributed by atoms with Gasteiger partial charge >= 0.3 is 5.69 Å². The molecule has 0 aromatic carbocycles. The van der Waals surface area contributed by atoms with Gasteiger partial charge in [0, 0.05) is 13.2 Å². The van der Waals surface area contributed by atoms with Gasteiger partial charge < -0.3 is 4.57 Å². The van der Waals surface area contributed by atoms with Crippen molar-refractivity contribution in [3.8, 4) is 0 Å². The van der Waals surface area contributed by atoms with Crippen LogP contribution in [0.3, 0.4) is 0 Å². The maximum Gasteiger partial charge on any atom is 0.350 e. The molecular weight excluding hydrogens is 156 g/mol. The van der Waals surface area contributed by atoms with Crippen molar-refractivity contribution in [3.05, 3.63) is 28.6 Å². The molecule has 0 fully saturated rings. The first-order valence-electron chi connectivity index (χ1n) is 3.57. The summed E-state index contributed by atoms with van der Waals surface area (Å²) in [7, 11) is 1.68. The van der Waals surface area contributed by atoms with Crippen LogP contribution < -0.4 is 5.69 Å². The Morgan fingerprint density at radius 2 is 2.25 bits per heavy atom. The van der Waals surface area contributed by atoms with Crippen LogP contribution in [0.1, 0.15) is 5.82 Å². The van der Waals surface area contributed by atoms with Crippen LogP contribution in [0.25, 0.3) is 5.65 Å². The van der Waals surface area contributed by atoms with Crippen molar-refractivity contribution in [1.82, 2.24) is 19.2 Å². The highest BCUT2D eigenvalue weighted by Crippen LogP contribution is 1.94. The first kappa shape index (κ1) is 7.02. The molecule has 2 aromatic heterocycles. The van der Waals surface area contributed by atoms with Gasteiger partial charge in [-0.3, -0.25) is 0 Å². The van der Waals surface area contributed by atoms with Crippen LogP contribution >= 0.6 is 0 Å². The Morgan fingerprint density at radius 3 is 3.00 bits per heavy atom. The average Bonchev–Trinajstić information content (AvgIpc) is 2.39. The molecule has 2 aromatic rings. The van der Waals surface area contributed by atoms with Crippen molar-refractivity contribution in [2.45, 2.75) is 6.92 Å². The van der Waals surface area contributed by atoms with Gasteiger partial charge in [0.25, 0.3) is 0 Å². The quantitative estimate of drug-likeness (QED) is 0.539. The third-order valence-corrected chi connectivity index (χ3v) is 1.67. The Labute approximate surface area is 68.3 Å². The van der Waals surface area contributed by atoms with E-state index in [0.29, 0.717) is 11.5 Å². The Morgan fingerprint density at radius 1 is 1.50 bits per heavy atom. The van der Waals surface area contributed by atoms with E-state index in [2.05, 4.69) is 10.1 Å². The van der Waals surface area contributed by atoms with Gasteiger partial charge in [0.05, 0.1) is 0 Å². The second-order valence-electron chi connectivity index (χ2n) is 2.64. The van der Waals surface area contributed by atoms with Gasteiger partial charge in [-0.15, -0.1) is 5.10 Å². The summed E-state index contributed by atoms with van der Waals surface area (Å²) in [5.41, 5.74) is 0.420. The van der Waals surface area contributed by atoms with Gasteiger partial charge in [-0.25, -0.2) is 9.78 Å². The predicted octanol–water partition coefficient (Wildman–Crippen LogP) is -0.264. The molecule has 0 N–H and O–H groups in total. The summed E-state index contributed by atoms with van der Waals surface area (Å²) in [6.07, 6.45) is 1.67. The molecular formula is C7H8N4O. The van der Waals surface area contributed by atoms with Gasteiger partial charge in [-0.1, -0.05) is 0 Å². The SMILES string of the molecule is Cc1nc2ccn(C)c(=O)n2n1. The first-order valence-corrected chi connectivity index (χ1v) is 3.57. The number of rotatable bonds is 0. The molecule has 0 saturated heterocycles. The Kier molecular flexibility index (Phi) is 1.27. The Bertz CT molecular complexity index is 482. The van der Waals surface area contributed by atoms with Crippen LogP contribution in [0.15, 0.2) is 17.1 Å². The fourth-order valence-electron chi connectivity index (χ4n) is 1.07. The fraction of sp³-hybridized carbons (Fsp3) is 0.286. The summed E-state index contributed by atoms with van der Waals surface area (Å²) in [4.78, 5) is 15.4. The lowest BCUT2D eigenvalue weighted by molar-refractivity contribution is 0.739. The predicted molar refractivity (Wildman–Crippen MR) is 43.0 cm³/mol. The van der Waals surface area contributed by atoms with E-state index in [1.165, 1.54) is 9.08 Å². The zero-order valence-electron chi connectivity index (χ0n) is 6.85. The molecule has 0 spiro atoms. The lowest BCUT2D eigenvalue weighted by Gasteiger charge is -1.94. The van der Waals surface area contributed by atoms with Gasteiger partial charge in [0.15, 0.2) is 5.65 Å². The second kappa shape index (κ2) is 2.17. The van der Waals surface area contributed by atoms with Gasteiger partial charge in [-0.2, -0.15) is 4.52 Å². The van der Waals surface area contributed by atoms with Crippen molar-refractivity contribution in [3.63, 3.8) is 0 Å². The van der Waals surface area contributed by atoms with Gasteiger partial charge in [0.1, 0.15) is 5.82 Å². The van der Waals surface area contributed by atoms with Gasteiger partial charge in [-0.05, 0) is 13.0 Å². The van der Waals surface area contributed by atoms with E-state index in [9.17, 15) is 4.79 Å². The van der Waals surface area contributed by atoms with E-state index < -0.39 is 0 Å². The topological polar surface area (TPSA) is 52.2 Å². The van der Waals surface area contributed by atoms with Crippen molar-refractivity contribution in [1.29, 1.82) is 0 Å². The standard InChI is InChI=1S/C7H8N4O/c1-5-8-6-3-4-10(2)7(12)11(6)9-5/h3-4H,1-2H3. The number of hydrogen-bond donors (Lipinski definition) is 0. The molecule has 5 nitrogen and oxygen atoms in total. The lowest BCUT2D eigenvalue weighted by Crippen LogP contribution is -2.24. The monoisotopic (exact) mass is 164 g/mol. The number of fused-ring (bicyclic) bond motifs is 1. The minimum atomic E-state index is -0.173. The molecule has 0 bridgehead atoms. The second-order valence-corrected chi connectivity index (χ2v) is 2.64. The zero-order valence-corrected chi connectivity index (χ0v) is 6.85. The highest BCUT2D eigenvalue weighted by Gasteiger charge is 2.02. The number of nitrogens with zero attached hydrogens (tertiary/aromatic N) is 4. The molecule has 62 valence electrons. The fourth-order valence-corrected chi connectivity index (χ4v) is 1.07. The summed E-state index contributed by atoms with van der Waals surface area (Å²) in [6.45, 7) is 1.76. The Balaban J connectivity index is 2.99. The van der Waals surface area contributed by atoms with Crippen LogP contribution in [-0.4, -0.2) is 19.2 Å². The van der Waals surface area contributed by atoms with Crippen molar-refractivity contribution >= 4 is 5.65 Å². The summed E-state index contributed by atoms with van der Waals surface area (Å²) < 4.78 is 2.75. The summed E-state index contributed by atoms with van der Waals surface area (Å²) in [6, 6.07) is 1.75. The smallest absolute Gasteiger partial charge is 0.302 e. The molecule has 0 amide bonds. The Hall–Kier alpha value is -1.65. The van der Waals surface area contributed by atoms with Gasteiger partial charge in [0.2, 0.25) is 0 Å². The largest absolute Gasteiger partial charge is 0.350 e. The molecule has 2 heterocycles. The third kappa shape index (κ3) is 0.827. The molecule has 0 atom stereocenters. The van der Waals surface area contributed by atoms with E-state index in [-0.39, 0.29) is 5.69 Å². The number of aryl methyl sites for hydroxylation is 2. The molecule has 0 aliphatic carbocycles. The van der Waals surface area contributed by atoms with Crippen molar-refractivity contribution in [2.75, 3.05) is 0 Å². The molecule has 12 heavy (non-hydrogen) atoms. The van der Waals surface area contributed by atoms with E-state index in [4.69, 9.17) is 0 Å². The molecule has 0 saturated carbocycles. The molecule has 0 aliphatic rings. The number of aromatic nitrogens is 4. The molecule has 0 unspecified atom stereocenters. The molecule has 5 heteroatoms. The van der Waals surface area contributed by atoms with E-state index in [0.717, 1.165) is 0 Å². The van der Waals surface area contributed by atoms with Crippen molar-refractivity contribution in [2.24, 2.45) is 7.05 Å². The van der Waals surface area contributed by atoms with E-state index in [1.54, 1.807) is 26.2 Å². The highest BCUT2D eigenvalue weighted by atomic mass is 16.1. The minimum Gasteiger partial charge on any atom is -0.302 e. The van der Waals surface area contributed by atoms with Crippen molar-refractivity contribution < 1.29 is 0 Å².